The van der Waals surface area contributed by atoms with Gasteiger partial charge < -0.3 is 15.0 Å². The second kappa shape index (κ2) is 10.8. The van der Waals surface area contributed by atoms with Gasteiger partial charge in [0.1, 0.15) is 5.75 Å². The van der Waals surface area contributed by atoms with Crippen molar-refractivity contribution in [2.24, 2.45) is 5.92 Å². The van der Waals surface area contributed by atoms with Crippen molar-refractivity contribution in [1.29, 1.82) is 0 Å². The molecule has 1 N–H and O–H groups in total. The lowest BCUT2D eigenvalue weighted by molar-refractivity contribution is -0.126. The van der Waals surface area contributed by atoms with Gasteiger partial charge in [-0.1, -0.05) is 36.4 Å². The Morgan fingerprint density at radius 1 is 1.00 bits per heavy atom. The van der Waals surface area contributed by atoms with Crippen LogP contribution in [-0.4, -0.2) is 41.9 Å². The molecule has 6 nitrogen and oxygen atoms in total. The molecule has 1 fully saturated rings. The summed E-state index contributed by atoms with van der Waals surface area (Å²) in [4.78, 5) is 32.6. The van der Waals surface area contributed by atoms with Crippen molar-refractivity contribution in [2.75, 3.05) is 20.2 Å². The summed E-state index contributed by atoms with van der Waals surface area (Å²) in [5.74, 6) is 0.383. The molecule has 2 aromatic carbocycles. The van der Waals surface area contributed by atoms with E-state index in [1.54, 1.807) is 37.6 Å². The molecule has 0 radical (unpaired) electrons. The Bertz CT molecular complexity index is 1050. The molecule has 0 saturated carbocycles. The minimum atomic E-state index is -0.240. The first-order valence-corrected chi connectivity index (χ1v) is 11.3. The number of hydrogen-bond acceptors (Lipinski definition) is 4. The van der Waals surface area contributed by atoms with E-state index in [-0.39, 0.29) is 23.8 Å². The normalized spacial score (nSPS) is 17.9. The van der Waals surface area contributed by atoms with Crippen LogP contribution in [0, 0.1) is 5.92 Å². The number of pyridine rings is 1. The van der Waals surface area contributed by atoms with Crippen LogP contribution in [0.5, 0.6) is 5.75 Å². The monoisotopic (exact) mass is 443 g/mol. The number of rotatable bonds is 7. The summed E-state index contributed by atoms with van der Waals surface area (Å²) in [5, 5.41) is 3.04. The third-order valence-corrected chi connectivity index (χ3v) is 6.14. The lowest BCUT2D eigenvalue weighted by Crippen LogP contribution is -2.47. The van der Waals surface area contributed by atoms with Crippen molar-refractivity contribution >= 4 is 11.8 Å². The summed E-state index contributed by atoms with van der Waals surface area (Å²) >= 11 is 0. The highest BCUT2D eigenvalue weighted by atomic mass is 16.5. The third-order valence-electron chi connectivity index (χ3n) is 6.14. The molecule has 4 rings (SSSR count). The van der Waals surface area contributed by atoms with Gasteiger partial charge in [0, 0.05) is 37.0 Å². The molecule has 1 aliphatic rings. The second-order valence-electron chi connectivity index (χ2n) is 8.25. The predicted molar refractivity (Wildman–Crippen MR) is 127 cm³/mol. The first-order valence-electron chi connectivity index (χ1n) is 11.3. The molecule has 170 valence electrons. The third kappa shape index (κ3) is 5.58. The molecule has 2 amide bonds. The van der Waals surface area contributed by atoms with Crippen LogP contribution in [0.3, 0.4) is 0 Å². The van der Waals surface area contributed by atoms with Gasteiger partial charge in [-0.05, 0) is 54.8 Å². The zero-order valence-corrected chi connectivity index (χ0v) is 18.8. The Kier molecular flexibility index (Phi) is 7.35. The molecule has 33 heavy (non-hydrogen) atoms. The number of nitrogens with one attached hydrogen (secondary N) is 1. The van der Waals surface area contributed by atoms with Gasteiger partial charge in [0.2, 0.25) is 5.91 Å². The number of hydrogen-bond donors (Lipinski definition) is 1. The number of carbonyl (C=O) groups excluding carboxylic acids is 2. The average molecular weight is 444 g/mol. The SMILES string of the molecule is COc1ccc(C(=O)N2CC(C(=O)NCCc3ccccn3)CCC2c2ccccc2)cc1. The Labute approximate surface area is 194 Å². The number of likely N-dealkylation sites (tertiary alicyclic amines) is 1. The molecular formula is C27H29N3O3. The Morgan fingerprint density at radius 2 is 1.76 bits per heavy atom. The van der Waals surface area contributed by atoms with Gasteiger partial charge in [0.25, 0.3) is 5.91 Å². The van der Waals surface area contributed by atoms with Crippen LogP contribution in [-0.2, 0) is 11.2 Å². The number of carbonyl (C=O) groups is 2. The minimum Gasteiger partial charge on any atom is -0.497 e. The molecule has 1 saturated heterocycles. The summed E-state index contributed by atoms with van der Waals surface area (Å²) in [6.45, 7) is 0.917. The summed E-state index contributed by atoms with van der Waals surface area (Å²) in [7, 11) is 1.60. The number of benzene rings is 2. The zero-order chi connectivity index (χ0) is 23.0. The molecule has 2 unspecified atom stereocenters. The lowest BCUT2D eigenvalue weighted by Gasteiger charge is -2.39. The van der Waals surface area contributed by atoms with Crippen molar-refractivity contribution in [3.8, 4) is 5.75 Å². The van der Waals surface area contributed by atoms with Crippen molar-refractivity contribution < 1.29 is 14.3 Å². The van der Waals surface area contributed by atoms with Crippen LogP contribution in [0.1, 0.15) is 40.5 Å². The molecule has 0 spiro atoms. The smallest absolute Gasteiger partial charge is 0.254 e. The van der Waals surface area contributed by atoms with E-state index < -0.39 is 0 Å². The van der Waals surface area contributed by atoms with Gasteiger partial charge in [-0.3, -0.25) is 14.6 Å². The molecule has 1 aliphatic heterocycles. The Hall–Kier alpha value is -3.67. The van der Waals surface area contributed by atoms with Crippen LogP contribution < -0.4 is 10.1 Å². The van der Waals surface area contributed by atoms with E-state index in [0.717, 1.165) is 24.1 Å². The summed E-state index contributed by atoms with van der Waals surface area (Å²) < 4.78 is 5.22. The molecule has 1 aromatic heterocycles. The standard InChI is InChI=1S/C27H29N3O3/c1-33-24-13-10-21(11-14-24)27(32)30-19-22(12-15-25(30)20-7-3-2-4-8-20)26(31)29-18-16-23-9-5-6-17-28-23/h2-11,13-14,17,22,25H,12,15-16,18-19H2,1H3,(H,29,31). The Morgan fingerprint density at radius 3 is 2.45 bits per heavy atom. The number of aromatic nitrogens is 1. The fraction of sp³-hybridized carbons (Fsp3) is 0.296. The minimum absolute atomic E-state index is 0.00928. The highest BCUT2D eigenvalue weighted by molar-refractivity contribution is 5.95. The van der Waals surface area contributed by atoms with Gasteiger partial charge >= 0.3 is 0 Å². The van der Waals surface area contributed by atoms with Gasteiger partial charge in [0.05, 0.1) is 19.1 Å². The van der Waals surface area contributed by atoms with Crippen molar-refractivity contribution in [2.45, 2.75) is 25.3 Å². The Balaban J connectivity index is 1.47. The fourth-order valence-electron chi connectivity index (χ4n) is 4.33. The molecule has 2 atom stereocenters. The van der Waals surface area contributed by atoms with Crippen LogP contribution >= 0.6 is 0 Å². The number of amides is 2. The molecule has 0 bridgehead atoms. The van der Waals surface area contributed by atoms with Crippen molar-refractivity contribution in [3.05, 3.63) is 95.8 Å². The van der Waals surface area contributed by atoms with Crippen LogP contribution in [0.4, 0.5) is 0 Å². The van der Waals surface area contributed by atoms with E-state index in [1.807, 2.05) is 53.4 Å². The summed E-state index contributed by atoms with van der Waals surface area (Å²) in [6, 6.07) is 22.9. The van der Waals surface area contributed by atoms with Crippen LogP contribution in [0.15, 0.2) is 79.0 Å². The van der Waals surface area contributed by atoms with Gasteiger partial charge in [-0.25, -0.2) is 0 Å². The van der Waals surface area contributed by atoms with Crippen LogP contribution in [0.2, 0.25) is 0 Å². The van der Waals surface area contributed by atoms with Crippen molar-refractivity contribution in [3.63, 3.8) is 0 Å². The maximum absolute atomic E-state index is 13.5. The quantitative estimate of drug-likeness (QED) is 0.598. The fourth-order valence-corrected chi connectivity index (χ4v) is 4.33. The van der Waals surface area contributed by atoms with E-state index in [1.165, 1.54) is 0 Å². The second-order valence-corrected chi connectivity index (χ2v) is 8.25. The van der Waals surface area contributed by atoms with Gasteiger partial charge in [0.15, 0.2) is 0 Å². The van der Waals surface area contributed by atoms with E-state index in [4.69, 9.17) is 4.74 Å². The lowest BCUT2D eigenvalue weighted by atomic mass is 9.87. The molecule has 6 heteroatoms. The van der Waals surface area contributed by atoms with Gasteiger partial charge in [-0.2, -0.15) is 0 Å². The number of nitrogens with zero attached hydrogens (tertiary/aromatic N) is 2. The maximum atomic E-state index is 13.5. The summed E-state index contributed by atoms with van der Waals surface area (Å²) in [6.07, 6.45) is 3.91. The number of ether oxygens (including phenoxy) is 1. The molecule has 0 aliphatic carbocycles. The number of methoxy groups -OCH3 is 1. The first-order chi connectivity index (χ1) is 16.2. The average Bonchev–Trinajstić information content (AvgIpc) is 2.89. The largest absolute Gasteiger partial charge is 0.497 e. The highest BCUT2D eigenvalue weighted by Gasteiger charge is 2.35. The first kappa shape index (κ1) is 22.5. The van der Waals surface area contributed by atoms with Gasteiger partial charge in [-0.15, -0.1) is 0 Å². The maximum Gasteiger partial charge on any atom is 0.254 e. The van der Waals surface area contributed by atoms with E-state index in [9.17, 15) is 9.59 Å². The predicted octanol–water partition coefficient (Wildman–Crippen LogP) is 4.04. The summed E-state index contributed by atoms with van der Waals surface area (Å²) in [5.41, 5.74) is 2.63. The topological polar surface area (TPSA) is 71.5 Å². The van der Waals surface area contributed by atoms with E-state index in [2.05, 4.69) is 10.3 Å². The van der Waals surface area contributed by atoms with Crippen molar-refractivity contribution in [1.82, 2.24) is 15.2 Å². The van der Waals surface area contributed by atoms with E-state index in [0.29, 0.717) is 30.8 Å². The molecule has 2 heterocycles. The molecular weight excluding hydrogens is 414 g/mol. The molecule has 3 aromatic rings. The highest BCUT2D eigenvalue weighted by Crippen LogP contribution is 2.34. The number of piperidine rings is 1. The van der Waals surface area contributed by atoms with Crippen LogP contribution in [0.25, 0.3) is 0 Å². The van der Waals surface area contributed by atoms with E-state index >= 15 is 0 Å². The zero-order valence-electron chi connectivity index (χ0n) is 18.8.